The van der Waals surface area contributed by atoms with E-state index in [4.69, 9.17) is 11.6 Å². The number of carbonyl (C=O) groups excluding carboxylic acids is 2. The van der Waals surface area contributed by atoms with Gasteiger partial charge in [-0.2, -0.15) is 0 Å². The highest BCUT2D eigenvalue weighted by Gasteiger charge is 2.03. The summed E-state index contributed by atoms with van der Waals surface area (Å²) >= 11 is 5.29. The van der Waals surface area contributed by atoms with Crippen molar-refractivity contribution in [3.8, 4) is 0 Å². The Labute approximate surface area is 74.4 Å². The first-order valence-corrected chi connectivity index (χ1v) is 3.30. The van der Waals surface area contributed by atoms with Crippen LogP contribution in [0.3, 0.4) is 0 Å². The number of ether oxygens (including phenoxy) is 2. The van der Waals surface area contributed by atoms with Crippen molar-refractivity contribution >= 4 is 23.7 Å². The lowest BCUT2D eigenvalue weighted by Gasteiger charge is -1.95. The number of halogens is 1. The molecule has 0 heterocycles. The van der Waals surface area contributed by atoms with Gasteiger partial charge in [-0.25, -0.2) is 4.79 Å². The van der Waals surface area contributed by atoms with Crippen LogP contribution < -0.4 is 0 Å². The van der Waals surface area contributed by atoms with Crippen molar-refractivity contribution in [2.45, 2.75) is 6.92 Å². The average molecular weight is 191 g/mol. The summed E-state index contributed by atoms with van der Waals surface area (Å²) in [5.74, 6) is -0.738. The Morgan fingerprint density at radius 3 is 2.50 bits per heavy atom. The van der Waals surface area contributed by atoms with Gasteiger partial charge in [0, 0.05) is 12.0 Å². The van der Waals surface area contributed by atoms with Crippen LogP contribution in [0.4, 0.5) is 4.79 Å². The fourth-order valence-corrected chi connectivity index (χ4v) is 0.356. The maximum Gasteiger partial charge on any atom is 0.521 e. The molecule has 5 heteroatoms. The summed E-state index contributed by atoms with van der Waals surface area (Å²) in [5.41, 5.74) is 0. The molecule has 0 aromatic carbocycles. The minimum atomic E-state index is -1.10. The Hall–Kier alpha value is -1.29. The number of carbonyl (C=O) groups is 2. The number of allylic oxidation sites excluding steroid dienone is 2. The predicted octanol–water partition coefficient (Wildman–Crippen LogP) is 1.95. The summed E-state index contributed by atoms with van der Waals surface area (Å²) in [7, 11) is 0. The van der Waals surface area contributed by atoms with Gasteiger partial charge in [0.2, 0.25) is 0 Å². The molecule has 0 radical (unpaired) electrons. The van der Waals surface area contributed by atoms with Gasteiger partial charge in [0.05, 0.1) is 6.26 Å². The average Bonchev–Trinajstić information content (AvgIpc) is 1.84. The highest BCUT2D eigenvalue weighted by atomic mass is 35.5. The summed E-state index contributed by atoms with van der Waals surface area (Å²) < 4.78 is 8.26. The van der Waals surface area contributed by atoms with Gasteiger partial charge in [-0.05, 0) is 6.08 Å². The van der Waals surface area contributed by atoms with Gasteiger partial charge >= 0.3 is 12.1 Å². The van der Waals surface area contributed by atoms with E-state index in [1.54, 1.807) is 0 Å². The Kier molecular flexibility index (Phi) is 4.79. The van der Waals surface area contributed by atoms with Gasteiger partial charge in [-0.3, -0.25) is 4.79 Å². The molecule has 0 atom stereocenters. The number of hydrogen-bond donors (Lipinski definition) is 0. The fourth-order valence-electron chi connectivity index (χ4n) is 0.305. The fraction of sp³-hybridized carbons (Fsp3) is 0.143. The van der Waals surface area contributed by atoms with Crippen molar-refractivity contribution in [3.63, 3.8) is 0 Å². The standard InChI is InChI=1S/C7H7ClO4/c1-5(8)3-4-11-7(10)12-6(2)9/h3-4H,1H2,2H3. The molecule has 0 fully saturated rings. The van der Waals surface area contributed by atoms with Crippen LogP contribution in [-0.2, 0) is 14.3 Å². The topological polar surface area (TPSA) is 52.6 Å². The van der Waals surface area contributed by atoms with Crippen LogP contribution in [-0.4, -0.2) is 12.1 Å². The molecule has 0 N–H and O–H groups in total. The van der Waals surface area contributed by atoms with Crippen LogP contribution >= 0.6 is 11.6 Å². The quantitative estimate of drug-likeness (QED) is 0.289. The zero-order chi connectivity index (χ0) is 9.56. The summed E-state index contributed by atoms with van der Waals surface area (Å²) in [6, 6.07) is 0. The van der Waals surface area contributed by atoms with Gasteiger partial charge in [0.25, 0.3) is 0 Å². The number of hydrogen-bond acceptors (Lipinski definition) is 4. The van der Waals surface area contributed by atoms with Crippen LogP contribution in [0.1, 0.15) is 6.92 Å². The lowest BCUT2D eigenvalue weighted by molar-refractivity contribution is -0.136. The normalized spacial score (nSPS) is 9.50. The van der Waals surface area contributed by atoms with E-state index < -0.39 is 12.1 Å². The third-order valence-electron chi connectivity index (χ3n) is 0.640. The molecule has 12 heavy (non-hydrogen) atoms. The third kappa shape index (κ3) is 6.82. The van der Waals surface area contributed by atoms with Crippen molar-refractivity contribution < 1.29 is 19.1 Å². The summed E-state index contributed by atoms with van der Waals surface area (Å²) in [5, 5.41) is 0.200. The van der Waals surface area contributed by atoms with E-state index in [2.05, 4.69) is 16.1 Å². The van der Waals surface area contributed by atoms with Crippen molar-refractivity contribution in [1.82, 2.24) is 0 Å². The lowest BCUT2D eigenvalue weighted by atomic mass is 10.6. The van der Waals surface area contributed by atoms with Gasteiger partial charge in [-0.1, -0.05) is 18.2 Å². The monoisotopic (exact) mass is 190 g/mol. The van der Waals surface area contributed by atoms with E-state index in [0.29, 0.717) is 0 Å². The van der Waals surface area contributed by atoms with E-state index in [0.717, 1.165) is 13.2 Å². The zero-order valence-electron chi connectivity index (χ0n) is 6.37. The molecule has 0 saturated carbocycles. The summed E-state index contributed by atoms with van der Waals surface area (Å²) in [4.78, 5) is 20.6. The van der Waals surface area contributed by atoms with Gasteiger partial charge in [0.15, 0.2) is 0 Å². The van der Waals surface area contributed by atoms with Crippen LogP contribution in [0, 0.1) is 0 Å². The van der Waals surface area contributed by atoms with Crippen LogP contribution in [0.15, 0.2) is 23.9 Å². The second kappa shape index (κ2) is 5.37. The molecule has 0 spiro atoms. The van der Waals surface area contributed by atoms with Crippen LogP contribution in [0.5, 0.6) is 0 Å². The highest BCUT2D eigenvalue weighted by molar-refractivity contribution is 6.30. The molecule has 0 unspecified atom stereocenters. The molecule has 0 aliphatic heterocycles. The minimum Gasteiger partial charge on any atom is -0.403 e. The van der Waals surface area contributed by atoms with E-state index in [1.165, 1.54) is 6.08 Å². The maximum absolute atomic E-state index is 10.4. The molecule has 0 aromatic heterocycles. The van der Waals surface area contributed by atoms with Crippen molar-refractivity contribution in [2.24, 2.45) is 0 Å². The SMILES string of the molecule is C=C(Cl)C=COC(=O)OC(C)=O. The molecule has 0 aliphatic carbocycles. The smallest absolute Gasteiger partial charge is 0.403 e. The molecular formula is C7H7ClO4. The second-order valence-corrected chi connectivity index (χ2v) is 2.20. The molecule has 0 rings (SSSR count). The maximum atomic E-state index is 10.4. The molecule has 0 bridgehead atoms. The molecule has 0 aliphatic rings. The zero-order valence-corrected chi connectivity index (χ0v) is 7.13. The van der Waals surface area contributed by atoms with Gasteiger partial charge in [0.1, 0.15) is 0 Å². The Bertz CT molecular complexity index is 232. The third-order valence-corrected chi connectivity index (χ3v) is 0.766. The Morgan fingerprint density at radius 2 is 2.08 bits per heavy atom. The first kappa shape index (κ1) is 10.7. The number of rotatable bonds is 2. The van der Waals surface area contributed by atoms with E-state index in [9.17, 15) is 9.59 Å². The predicted molar refractivity (Wildman–Crippen MR) is 42.4 cm³/mol. The van der Waals surface area contributed by atoms with Gasteiger partial charge < -0.3 is 9.47 Å². The molecule has 0 aromatic rings. The van der Waals surface area contributed by atoms with Crippen LogP contribution in [0.25, 0.3) is 0 Å². The first-order chi connectivity index (χ1) is 5.52. The molecule has 4 nitrogen and oxygen atoms in total. The molecule has 0 saturated heterocycles. The highest BCUT2D eigenvalue weighted by Crippen LogP contribution is 1.98. The minimum absolute atomic E-state index is 0.200. The number of esters is 1. The first-order valence-electron chi connectivity index (χ1n) is 2.92. The summed E-state index contributed by atoms with van der Waals surface area (Å²) in [6.45, 7) is 4.38. The largest absolute Gasteiger partial charge is 0.521 e. The second-order valence-electron chi connectivity index (χ2n) is 1.71. The molecule has 0 amide bonds. The van der Waals surface area contributed by atoms with E-state index >= 15 is 0 Å². The van der Waals surface area contributed by atoms with Crippen molar-refractivity contribution in [1.29, 1.82) is 0 Å². The van der Waals surface area contributed by atoms with Gasteiger partial charge in [-0.15, -0.1) is 0 Å². The van der Waals surface area contributed by atoms with Crippen molar-refractivity contribution in [2.75, 3.05) is 0 Å². The summed E-state index contributed by atoms with van der Waals surface area (Å²) in [6.07, 6.45) is 1.11. The molecule has 66 valence electrons. The Balaban J connectivity index is 3.71. The van der Waals surface area contributed by atoms with Crippen molar-refractivity contribution in [3.05, 3.63) is 23.9 Å². The Morgan fingerprint density at radius 1 is 1.50 bits per heavy atom. The lowest BCUT2D eigenvalue weighted by Crippen LogP contribution is -2.07. The molecular weight excluding hydrogens is 184 g/mol. The van der Waals surface area contributed by atoms with Crippen LogP contribution in [0.2, 0.25) is 0 Å². The van der Waals surface area contributed by atoms with E-state index in [-0.39, 0.29) is 5.03 Å². The van der Waals surface area contributed by atoms with E-state index in [1.807, 2.05) is 0 Å².